The maximum atomic E-state index is 11.9. The lowest BCUT2D eigenvalue weighted by atomic mass is 10.1. The molecule has 1 aromatic rings. The molecule has 1 aromatic carbocycles. The van der Waals surface area contributed by atoms with Gasteiger partial charge in [0.05, 0.1) is 0 Å². The summed E-state index contributed by atoms with van der Waals surface area (Å²) in [5, 5.41) is 6.02. The molecule has 1 atom stereocenters. The minimum Gasteiger partial charge on any atom is -0.370 e. The molecule has 5 heteroatoms. The van der Waals surface area contributed by atoms with Gasteiger partial charge in [0.15, 0.2) is 0 Å². The second-order valence-electron chi connectivity index (χ2n) is 5.63. The maximum absolute atomic E-state index is 11.9. The Bertz CT molecular complexity index is 517. The largest absolute Gasteiger partial charge is 0.370 e. The van der Waals surface area contributed by atoms with Gasteiger partial charge in [0, 0.05) is 36.6 Å². The van der Waals surface area contributed by atoms with Gasteiger partial charge in [-0.15, -0.1) is 0 Å². The average molecular weight is 274 g/mol. The number of carbonyl (C=O) groups is 1. The zero-order chi connectivity index (χ0) is 14.1. The van der Waals surface area contributed by atoms with Crippen LogP contribution < -0.4 is 15.5 Å². The average Bonchev–Trinajstić information content (AvgIpc) is 2.60. The fraction of sp³-hybridized carbons (Fsp3) is 0.533. The van der Waals surface area contributed by atoms with Gasteiger partial charge in [0.25, 0.3) is 0 Å². The number of likely N-dealkylation sites (N-methyl/N-ethyl adjacent to an activating group) is 2. The summed E-state index contributed by atoms with van der Waals surface area (Å²) in [6.07, 6.45) is 1.18. The van der Waals surface area contributed by atoms with Gasteiger partial charge in [-0.3, -0.25) is 4.79 Å². The normalized spacial score (nSPS) is 23.4. The lowest BCUT2D eigenvalue weighted by Gasteiger charge is -2.23. The quantitative estimate of drug-likeness (QED) is 0.846. The number of rotatable bonds is 2. The Kier molecular flexibility index (Phi) is 3.63. The zero-order valence-electron chi connectivity index (χ0n) is 12.1. The minimum absolute atomic E-state index is 0.0373. The Morgan fingerprint density at radius 1 is 1.25 bits per heavy atom. The smallest absolute Gasteiger partial charge is 0.246 e. The highest BCUT2D eigenvalue weighted by Gasteiger charge is 2.29. The van der Waals surface area contributed by atoms with Gasteiger partial charge in [0.1, 0.15) is 6.04 Å². The molecule has 3 rings (SSSR count). The van der Waals surface area contributed by atoms with E-state index in [1.807, 2.05) is 7.05 Å². The third kappa shape index (κ3) is 2.39. The first-order chi connectivity index (χ1) is 9.69. The molecule has 5 nitrogen and oxygen atoms in total. The van der Waals surface area contributed by atoms with Crippen LogP contribution in [0.5, 0.6) is 0 Å². The van der Waals surface area contributed by atoms with Gasteiger partial charge < -0.3 is 20.4 Å². The Hall–Kier alpha value is -1.59. The highest BCUT2D eigenvalue weighted by molar-refractivity contribution is 6.03. The molecule has 0 radical (unpaired) electrons. The Morgan fingerprint density at radius 2 is 2.10 bits per heavy atom. The molecular formula is C15H22N4O. The van der Waals surface area contributed by atoms with Gasteiger partial charge in [-0.1, -0.05) is 6.07 Å². The van der Waals surface area contributed by atoms with Gasteiger partial charge in [-0.05, 0) is 39.2 Å². The summed E-state index contributed by atoms with van der Waals surface area (Å²) in [5.74, 6) is 0.0373. The number of hydrogen-bond acceptors (Lipinski definition) is 4. The standard InChI is InChI=1S/C15H22N4O/c1-16-14-12-5-4-11(10-13(12)17-15(14)20)19-7-3-6-18(2)8-9-19/h4-5,10,14,16H,3,6-9H2,1-2H3,(H,17,20). The number of carbonyl (C=O) groups excluding carboxylic acids is 1. The van der Waals surface area contributed by atoms with Crippen molar-refractivity contribution in [2.75, 3.05) is 50.5 Å². The lowest BCUT2D eigenvalue weighted by Crippen LogP contribution is -2.28. The molecule has 20 heavy (non-hydrogen) atoms. The van der Waals surface area contributed by atoms with Crippen molar-refractivity contribution in [1.82, 2.24) is 10.2 Å². The molecule has 2 heterocycles. The van der Waals surface area contributed by atoms with E-state index in [1.54, 1.807) is 0 Å². The molecule has 0 saturated carbocycles. The van der Waals surface area contributed by atoms with Crippen molar-refractivity contribution in [3.05, 3.63) is 23.8 Å². The summed E-state index contributed by atoms with van der Waals surface area (Å²) < 4.78 is 0. The van der Waals surface area contributed by atoms with E-state index >= 15 is 0 Å². The highest BCUT2D eigenvalue weighted by Crippen LogP contribution is 2.34. The second kappa shape index (κ2) is 5.42. The molecule has 0 aromatic heterocycles. The molecule has 2 aliphatic heterocycles. The van der Waals surface area contributed by atoms with Crippen molar-refractivity contribution in [1.29, 1.82) is 0 Å². The van der Waals surface area contributed by atoms with E-state index in [0.717, 1.165) is 37.4 Å². The number of amides is 1. The van der Waals surface area contributed by atoms with Gasteiger partial charge >= 0.3 is 0 Å². The molecule has 1 fully saturated rings. The summed E-state index contributed by atoms with van der Waals surface area (Å²) in [5.41, 5.74) is 3.20. The molecular weight excluding hydrogens is 252 g/mol. The first-order valence-corrected chi connectivity index (χ1v) is 7.24. The Labute approximate surface area is 119 Å². The number of fused-ring (bicyclic) bond motifs is 1. The van der Waals surface area contributed by atoms with Crippen LogP contribution in [0.3, 0.4) is 0 Å². The first-order valence-electron chi connectivity index (χ1n) is 7.24. The number of hydrogen-bond donors (Lipinski definition) is 2. The van der Waals surface area contributed by atoms with Crippen LogP contribution >= 0.6 is 0 Å². The van der Waals surface area contributed by atoms with E-state index in [2.05, 4.69) is 45.7 Å². The van der Waals surface area contributed by atoms with Crippen LogP contribution in [0.2, 0.25) is 0 Å². The van der Waals surface area contributed by atoms with Crippen molar-refractivity contribution in [3.63, 3.8) is 0 Å². The molecule has 1 amide bonds. The second-order valence-corrected chi connectivity index (χ2v) is 5.63. The van der Waals surface area contributed by atoms with E-state index in [1.165, 1.54) is 12.1 Å². The van der Waals surface area contributed by atoms with Crippen molar-refractivity contribution < 1.29 is 4.79 Å². The van der Waals surface area contributed by atoms with E-state index in [4.69, 9.17) is 0 Å². The number of benzene rings is 1. The topological polar surface area (TPSA) is 47.6 Å². The fourth-order valence-corrected chi connectivity index (χ4v) is 3.04. The van der Waals surface area contributed by atoms with Crippen LogP contribution in [0.1, 0.15) is 18.0 Å². The van der Waals surface area contributed by atoms with Crippen molar-refractivity contribution in [2.45, 2.75) is 12.5 Å². The number of nitrogens with zero attached hydrogens (tertiary/aromatic N) is 2. The van der Waals surface area contributed by atoms with Crippen molar-refractivity contribution >= 4 is 17.3 Å². The minimum atomic E-state index is -0.214. The van der Waals surface area contributed by atoms with Crippen LogP contribution in [0.4, 0.5) is 11.4 Å². The Balaban J connectivity index is 1.83. The van der Waals surface area contributed by atoms with Crippen LogP contribution in [0.25, 0.3) is 0 Å². The first kappa shape index (κ1) is 13.4. The summed E-state index contributed by atoms with van der Waals surface area (Å²) in [6.45, 7) is 4.35. The maximum Gasteiger partial charge on any atom is 0.246 e. The summed E-state index contributed by atoms with van der Waals surface area (Å²) in [4.78, 5) is 16.6. The van der Waals surface area contributed by atoms with Crippen molar-refractivity contribution in [2.24, 2.45) is 0 Å². The summed E-state index contributed by atoms with van der Waals surface area (Å²) >= 11 is 0. The zero-order valence-corrected chi connectivity index (χ0v) is 12.1. The predicted molar refractivity (Wildman–Crippen MR) is 81.2 cm³/mol. The van der Waals surface area contributed by atoms with Gasteiger partial charge in [-0.25, -0.2) is 0 Å². The molecule has 0 aliphatic carbocycles. The molecule has 108 valence electrons. The molecule has 0 spiro atoms. The monoisotopic (exact) mass is 274 g/mol. The lowest BCUT2D eigenvalue weighted by molar-refractivity contribution is -0.117. The van der Waals surface area contributed by atoms with E-state index < -0.39 is 0 Å². The molecule has 1 unspecified atom stereocenters. The van der Waals surface area contributed by atoms with Crippen LogP contribution in [-0.4, -0.2) is 51.1 Å². The summed E-state index contributed by atoms with van der Waals surface area (Å²) in [6, 6.07) is 6.09. The molecule has 1 saturated heterocycles. The highest BCUT2D eigenvalue weighted by atomic mass is 16.2. The number of nitrogens with one attached hydrogen (secondary N) is 2. The van der Waals surface area contributed by atoms with E-state index in [-0.39, 0.29) is 11.9 Å². The third-order valence-electron chi connectivity index (χ3n) is 4.24. The molecule has 2 aliphatic rings. The Morgan fingerprint density at radius 3 is 2.90 bits per heavy atom. The van der Waals surface area contributed by atoms with E-state index in [9.17, 15) is 4.79 Å². The van der Waals surface area contributed by atoms with Crippen LogP contribution in [-0.2, 0) is 4.79 Å². The molecule has 0 bridgehead atoms. The third-order valence-corrected chi connectivity index (χ3v) is 4.24. The summed E-state index contributed by atoms with van der Waals surface area (Å²) in [7, 11) is 3.99. The van der Waals surface area contributed by atoms with Crippen LogP contribution in [0.15, 0.2) is 18.2 Å². The number of anilines is 2. The van der Waals surface area contributed by atoms with Gasteiger partial charge in [0.2, 0.25) is 5.91 Å². The van der Waals surface area contributed by atoms with Gasteiger partial charge in [-0.2, -0.15) is 0 Å². The fourth-order valence-electron chi connectivity index (χ4n) is 3.04. The SMILES string of the molecule is CNC1C(=O)Nc2cc(N3CCCN(C)CC3)ccc21. The van der Waals surface area contributed by atoms with Crippen molar-refractivity contribution in [3.8, 4) is 0 Å². The van der Waals surface area contributed by atoms with Crippen LogP contribution in [0, 0.1) is 0 Å². The predicted octanol–water partition coefficient (Wildman–Crippen LogP) is 1.04. The molecule has 2 N–H and O–H groups in total. The van der Waals surface area contributed by atoms with E-state index in [0.29, 0.717) is 0 Å².